The molecule has 0 radical (unpaired) electrons. The first-order valence-corrected chi connectivity index (χ1v) is 4.32. The maximum absolute atomic E-state index is 11.9. The van der Waals surface area contributed by atoms with Crippen molar-refractivity contribution in [3.63, 3.8) is 0 Å². The molecule has 2 nitrogen and oxygen atoms in total. The summed E-state index contributed by atoms with van der Waals surface area (Å²) in [6, 6.07) is 7.82. The summed E-state index contributed by atoms with van der Waals surface area (Å²) in [5, 5.41) is 0. The van der Waals surface area contributed by atoms with Crippen molar-refractivity contribution in [3.8, 4) is 0 Å². The Morgan fingerprint density at radius 2 is 1.62 bits per heavy atom. The lowest BCUT2D eigenvalue weighted by atomic mass is 10.1. The van der Waals surface area contributed by atoms with Crippen molar-refractivity contribution in [1.29, 1.82) is 0 Å². The number of halogens is 1. The van der Waals surface area contributed by atoms with Gasteiger partial charge in [-0.2, -0.15) is 0 Å². The lowest BCUT2D eigenvalue weighted by molar-refractivity contribution is 0.141. The Morgan fingerprint density at radius 1 is 1.08 bits per heavy atom. The minimum atomic E-state index is -0.300. The molecule has 0 saturated carbocycles. The van der Waals surface area contributed by atoms with Crippen molar-refractivity contribution < 1.29 is 9.23 Å². The van der Waals surface area contributed by atoms with Gasteiger partial charge < -0.3 is 4.84 Å². The summed E-state index contributed by atoms with van der Waals surface area (Å²) in [4.78, 5) is 4.46. The van der Waals surface area contributed by atoms with E-state index in [4.69, 9.17) is 5.90 Å². The molecule has 0 aliphatic heterocycles. The molecule has 0 aliphatic rings. The Labute approximate surface area is 77.5 Å². The standard InChI is InChI=1S/C10H14FNO/c11-7-5-9-1-3-10(4-2-9)6-8-13-12/h1-4H,5-8,12H2. The smallest absolute Gasteiger partial charge is 0.0934 e. The summed E-state index contributed by atoms with van der Waals surface area (Å²) in [5.74, 6) is 4.90. The maximum atomic E-state index is 11.9. The van der Waals surface area contributed by atoms with Gasteiger partial charge in [0, 0.05) is 6.42 Å². The molecule has 3 heteroatoms. The van der Waals surface area contributed by atoms with Crippen molar-refractivity contribution in [2.24, 2.45) is 5.90 Å². The molecule has 0 aromatic heterocycles. The van der Waals surface area contributed by atoms with Gasteiger partial charge in [-0.05, 0) is 17.5 Å². The van der Waals surface area contributed by atoms with E-state index < -0.39 is 0 Å². The van der Waals surface area contributed by atoms with E-state index in [0.717, 1.165) is 17.5 Å². The average molecular weight is 183 g/mol. The molecule has 0 aliphatic carbocycles. The molecule has 0 atom stereocenters. The zero-order valence-electron chi connectivity index (χ0n) is 7.50. The maximum Gasteiger partial charge on any atom is 0.0934 e. The summed E-state index contributed by atoms with van der Waals surface area (Å²) in [5.41, 5.74) is 2.19. The highest BCUT2D eigenvalue weighted by Gasteiger charge is 1.94. The highest BCUT2D eigenvalue weighted by molar-refractivity contribution is 5.22. The van der Waals surface area contributed by atoms with Gasteiger partial charge in [0.1, 0.15) is 0 Å². The molecule has 0 heterocycles. The van der Waals surface area contributed by atoms with E-state index in [2.05, 4.69) is 4.84 Å². The minimum Gasteiger partial charge on any atom is -0.304 e. The first-order chi connectivity index (χ1) is 6.36. The SMILES string of the molecule is NOCCc1ccc(CCF)cc1. The van der Waals surface area contributed by atoms with Gasteiger partial charge >= 0.3 is 0 Å². The molecule has 0 amide bonds. The molecule has 0 bridgehead atoms. The zero-order valence-corrected chi connectivity index (χ0v) is 7.50. The predicted molar refractivity (Wildman–Crippen MR) is 50.0 cm³/mol. The average Bonchev–Trinajstić information content (AvgIpc) is 2.17. The van der Waals surface area contributed by atoms with Crippen LogP contribution in [0.25, 0.3) is 0 Å². The topological polar surface area (TPSA) is 35.2 Å². The third-order valence-corrected chi connectivity index (χ3v) is 1.91. The van der Waals surface area contributed by atoms with Crippen molar-refractivity contribution in [2.75, 3.05) is 13.3 Å². The van der Waals surface area contributed by atoms with Crippen molar-refractivity contribution in [3.05, 3.63) is 35.4 Å². The predicted octanol–water partition coefficient (Wildman–Crippen LogP) is 1.63. The van der Waals surface area contributed by atoms with Crippen LogP contribution in [0.3, 0.4) is 0 Å². The van der Waals surface area contributed by atoms with Crippen molar-refractivity contribution in [2.45, 2.75) is 12.8 Å². The quantitative estimate of drug-likeness (QED) is 0.704. The number of hydrogen-bond donors (Lipinski definition) is 1. The Bertz CT molecular complexity index is 235. The van der Waals surface area contributed by atoms with E-state index in [-0.39, 0.29) is 6.67 Å². The molecule has 0 spiro atoms. The van der Waals surface area contributed by atoms with E-state index in [1.807, 2.05) is 24.3 Å². The van der Waals surface area contributed by atoms with E-state index >= 15 is 0 Å². The summed E-state index contributed by atoms with van der Waals surface area (Å²) >= 11 is 0. The van der Waals surface area contributed by atoms with Crippen LogP contribution in [0.2, 0.25) is 0 Å². The number of rotatable bonds is 5. The highest BCUT2D eigenvalue weighted by atomic mass is 19.1. The third-order valence-electron chi connectivity index (χ3n) is 1.91. The van der Waals surface area contributed by atoms with Gasteiger partial charge in [-0.15, -0.1) is 0 Å². The van der Waals surface area contributed by atoms with Gasteiger partial charge in [0.05, 0.1) is 13.3 Å². The normalized spacial score (nSPS) is 10.3. The second-order valence-electron chi connectivity index (χ2n) is 2.88. The molecule has 0 fully saturated rings. The third kappa shape index (κ3) is 3.53. The lowest BCUT2D eigenvalue weighted by Gasteiger charge is -2.01. The molecule has 1 aromatic rings. The molecule has 72 valence electrons. The van der Waals surface area contributed by atoms with Crippen LogP contribution in [0.15, 0.2) is 24.3 Å². The Kier molecular flexibility index (Phi) is 4.43. The second-order valence-corrected chi connectivity index (χ2v) is 2.88. The number of benzene rings is 1. The van der Waals surface area contributed by atoms with E-state index in [1.54, 1.807) is 0 Å². The molecule has 0 unspecified atom stereocenters. The Hall–Kier alpha value is -0.930. The van der Waals surface area contributed by atoms with Gasteiger partial charge in [0.25, 0.3) is 0 Å². The van der Waals surface area contributed by atoms with Crippen LogP contribution in [0.1, 0.15) is 11.1 Å². The van der Waals surface area contributed by atoms with Crippen molar-refractivity contribution in [1.82, 2.24) is 0 Å². The van der Waals surface area contributed by atoms with E-state index in [0.29, 0.717) is 13.0 Å². The number of alkyl halides is 1. The fourth-order valence-electron chi connectivity index (χ4n) is 1.16. The number of nitrogens with two attached hydrogens (primary N) is 1. The van der Waals surface area contributed by atoms with Gasteiger partial charge in [0.15, 0.2) is 0 Å². The largest absolute Gasteiger partial charge is 0.304 e. The molecule has 1 rings (SSSR count). The fraction of sp³-hybridized carbons (Fsp3) is 0.400. The molecule has 2 N–H and O–H groups in total. The van der Waals surface area contributed by atoms with Crippen LogP contribution in [-0.2, 0) is 17.7 Å². The molecule has 1 aromatic carbocycles. The zero-order chi connectivity index (χ0) is 9.52. The Balaban J connectivity index is 2.48. The number of hydrogen-bond acceptors (Lipinski definition) is 2. The van der Waals surface area contributed by atoms with Crippen LogP contribution in [-0.4, -0.2) is 13.3 Å². The summed E-state index contributed by atoms with van der Waals surface area (Å²) in [6.07, 6.45) is 1.29. The summed E-state index contributed by atoms with van der Waals surface area (Å²) in [7, 11) is 0. The van der Waals surface area contributed by atoms with Gasteiger partial charge in [0.2, 0.25) is 0 Å². The van der Waals surface area contributed by atoms with Crippen LogP contribution in [0, 0.1) is 0 Å². The van der Waals surface area contributed by atoms with Crippen LogP contribution < -0.4 is 5.90 Å². The molecule has 13 heavy (non-hydrogen) atoms. The highest BCUT2D eigenvalue weighted by Crippen LogP contribution is 2.05. The Morgan fingerprint density at radius 3 is 2.08 bits per heavy atom. The monoisotopic (exact) mass is 183 g/mol. The van der Waals surface area contributed by atoms with Crippen LogP contribution >= 0.6 is 0 Å². The van der Waals surface area contributed by atoms with Gasteiger partial charge in [-0.1, -0.05) is 24.3 Å². The van der Waals surface area contributed by atoms with Gasteiger partial charge in [-0.25, -0.2) is 5.90 Å². The second kappa shape index (κ2) is 5.67. The van der Waals surface area contributed by atoms with Crippen molar-refractivity contribution >= 4 is 0 Å². The minimum absolute atomic E-state index is 0.300. The van der Waals surface area contributed by atoms with Gasteiger partial charge in [-0.3, -0.25) is 4.39 Å². The van der Waals surface area contributed by atoms with Crippen LogP contribution in [0.5, 0.6) is 0 Å². The first-order valence-electron chi connectivity index (χ1n) is 4.32. The molecule has 0 saturated heterocycles. The lowest BCUT2D eigenvalue weighted by Crippen LogP contribution is -2.03. The van der Waals surface area contributed by atoms with E-state index in [1.165, 1.54) is 0 Å². The summed E-state index contributed by atoms with van der Waals surface area (Å²) in [6.45, 7) is 0.216. The van der Waals surface area contributed by atoms with E-state index in [9.17, 15) is 4.39 Å². The fourth-order valence-corrected chi connectivity index (χ4v) is 1.16. The first kappa shape index (κ1) is 10.2. The molecular formula is C10H14FNO. The van der Waals surface area contributed by atoms with Crippen LogP contribution in [0.4, 0.5) is 4.39 Å². The summed E-state index contributed by atoms with van der Waals surface area (Å²) < 4.78 is 11.9. The number of aryl methyl sites for hydroxylation is 1. The molecular weight excluding hydrogens is 169 g/mol.